The van der Waals surface area contributed by atoms with Crippen LogP contribution in [0.15, 0.2) is 35.6 Å². The Balaban J connectivity index is 1.49. The lowest BCUT2D eigenvalue weighted by molar-refractivity contribution is -0.0521. The van der Waals surface area contributed by atoms with Crippen molar-refractivity contribution in [3.8, 4) is 0 Å². The number of aromatic nitrogens is 2. The maximum Gasteiger partial charge on any atom is 0.165 e. The SMILES string of the molecule is CC1(N)c2ncn([C@@H]3O[C@H](CO)[C@@H](O)[C@H]3O)c2N=CN1C1CCc2ccccc21. The van der Waals surface area contributed by atoms with Crippen molar-refractivity contribution in [2.75, 3.05) is 6.61 Å². The van der Waals surface area contributed by atoms with Crippen LogP contribution < -0.4 is 5.73 Å². The molecule has 0 bridgehead atoms. The fourth-order valence-corrected chi connectivity index (χ4v) is 4.72. The van der Waals surface area contributed by atoms with E-state index in [2.05, 4.69) is 22.1 Å². The monoisotopic (exact) mass is 399 g/mol. The van der Waals surface area contributed by atoms with Crippen LogP contribution in [-0.4, -0.2) is 61.0 Å². The van der Waals surface area contributed by atoms with E-state index in [9.17, 15) is 15.3 Å². The number of nitrogens with zero attached hydrogens (tertiary/aromatic N) is 4. The molecule has 9 heteroatoms. The number of hydrogen-bond acceptors (Lipinski definition) is 8. The Kier molecular flexibility index (Phi) is 4.27. The van der Waals surface area contributed by atoms with Gasteiger partial charge in [-0.15, -0.1) is 0 Å². The molecule has 3 aliphatic rings. The zero-order valence-electron chi connectivity index (χ0n) is 16.1. The van der Waals surface area contributed by atoms with Crippen molar-refractivity contribution >= 4 is 12.2 Å². The summed E-state index contributed by atoms with van der Waals surface area (Å²) in [6.45, 7) is 1.50. The first-order valence-corrected chi connectivity index (χ1v) is 9.82. The van der Waals surface area contributed by atoms with Crippen molar-refractivity contribution in [1.29, 1.82) is 0 Å². The van der Waals surface area contributed by atoms with Crippen molar-refractivity contribution < 1.29 is 20.1 Å². The van der Waals surface area contributed by atoms with Crippen LogP contribution in [0.4, 0.5) is 5.82 Å². The van der Waals surface area contributed by atoms with Crippen LogP contribution in [0.2, 0.25) is 0 Å². The van der Waals surface area contributed by atoms with Gasteiger partial charge in [-0.25, -0.2) is 9.98 Å². The lowest BCUT2D eigenvalue weighted by Gasteiger charge is -2.42. The van der Waals surface area contributed by atoms with Crippen LogP contribution >= 0.6 is 0 Å². The fourth-order valence-electron chi connectivity index (χ4n) is 4.72. The number of nitrogens with two attached hydrogens (primary N) is 1. The van der Waals surface area contributed by atoms with Gasteiger partial charge in [-0.1, -0.05) is 24.3 Å². The minimum absolute atomic E-state index is 0.108. The molecule has 3 heterocycles. The second-order valence-corrected chi connectivity index (χ2v) is 8.11. The molecule has 1 aromatic heterocycles. The van der Waals surface area contributed by atoms with E-state index in [-0.39, 0.29) is 6.04 Å². The van der Waals surface area contributed by atoms with Gasteiger partial charge >= 0.3 is 0 Å². The first-order valence-electron chi connectivity index (χ1n) is 9.82. The van der Waals surface area contributed by atoms with Gasteiger partial charge in [0.25, 0.3) is 0 Å². The van der Waals surface area contributed by atoms with Crippen molar-refractivity contribution in [2.24, 2.45) is 10.7 Å². The van der Waals surface area contributed by atoms with Crippen LogP contribution in [0, 0.1) is 0 Å². The Morgan fingerprint density at radius 2 is 2.07 bits per heavy atom. The molecule has 154 valence electrons. The van der Waals surface area contributed by atoms with Crippen LogP contribution in [0.3, 0.4) is 0 Å². The number of hydrogen-bond donors (Lipinski definition) is 4. The summed E-state index contributed by atoms with van der Waals surface area (Å²) in [5.74, 6) is 0.479. The number of aliphatic hydroxyl groups excluding tert-OH is 3. The molecule has 2 aliphatic heterocycles. The van der Waals surface area contributed by atoms with Gasteiger partial charge in [0.2, 0.25) is 0 Å². The number of ether oxygens (including phenoxy) is 1. The quantitative estimate of drug-likeness (QED) is 0.584. The summed E-state index contributed by atoms with van der Waals surface area (Å²) in [6, 6.07) is 8.47. The third-order valence-corrected chi connectivity index (χ3v) is 6.32. The van der Waals surface area contributed by atoms with Crippen LogP contribution in [0.25, 0.3) is 0 Å². The highest BCUT2D eigenvalue weighted by Gasteiger charge is 2.47. The largest absolute Gasteiger partial charge is 0.394 e. The molecule has 0 radical (unpaired) electrons. The molecule has 0 spiro atoms. The predicted molar refractivity (Wildman–Crippen MR) is 104 cm³/mol. The molecule has 1 fully saturated rings. The second kappa shape index (κ2) is 6.61. The van der Waals surface area contributed by atoms with E-state index >= 15 is 0 Å². The number of rotatable bonds is 3. The lowest BCUT2D eigenvalue weighted by atomic mass is 10.00. The Bertz CT molecular complexity index is 958. The first kappa shape index (κ1) is 18.7. The van der Waals surface area contributed by atoms with Crippen LogP contribution in [0.5, 0.6) is 0 Å². The predicted octanol–water partition coefficient (Wildman–Crippen LogP) is 0.289. The number of benzene rings is 1. The Hall–Kier alpha value is -2.30. The van der Waals surface area contributed by atoms with Crippen molar-refractivity contribution in [2.45, 2.75) is 56.0 Å². The number of fused-ring (bicyclic) bond motifs is 2. The summed E-state index contributed by atoms with van der Waals surface area (Å²) >= 11 is 0. The van der Waals surface area contributed by atoms with Gasteiger partial charge in [0, 0.05) is 0 Å². The molecule has 0 amide bonds. The zero-order valence-corrected chi connectivity index (χ0v) is 16.1. The fraction of sp³-hybridized carbons (Fsp3) is 0.500. The molecule has 9 nitrogen and oxygen atoms in total. The van der Waals surface area contributed by atoms with Crippen molar-refractivity contribution in [3.05, 3.63) is 47.4 Å². The molecule has 6 atom stereocenters. The normalized spacial score (nSPS) is 35.8. The van der Waals surface area contributed by atoms with E-state index in [1.165, 1.54) is 17.5 Å². The standard InChI is InChI=1S/C20H25N5O4/c1-20(21)17-18(24(9-22-17)19-16(28)15(27)14(8-26)29-19)23-10-25(20)13-7-6-11-4-2-3-5-12(11)13/h2-5,9-10,13-16,19,26-28H,6-8,21H2,1H3/t13?,14-,15-,16-,19-,20?/m1/s1. The summed E-state index contributed by atoms with van der Waals surface area (Å²) in [4.78, 5) is 11.1. The molecular formula is C20H25N5O4. The van der Waals surface area contributed by atoms with E-state index in [0.29, 0.717) is 11.5 Å². The molecule has 2 unspecified atom stereocenters. The highest BCUT2D eigenvalue weighted by molar-refractivity contribution is 5.68. The lowest BCUT2D eigenvalue weighted by Crippen LogP contribution is -2.53. The first-order chi connectivity index (χ1) is 13.9. The number of imidazole rings is 1. The molecule has 1 aromatic carbocycles. The Morgan fingerprint density at radius 1 is 1.28 bits per heavy atom. The van der Waals surface area contributed by atoms with E-state index in [0.717, 1.165) is 12.8 Å². The molecular weight excluding hydrogens is 374 g/mol. The molecule has 29 heavy (non-hydrogen) atoms. The summed E-state index contributed by atoms with van der Waals surface area (Å²) in [7, 11) is 0. The minimum Gasteiger partial charge on any atom is -0.394 e. The average Bonchev–Trinajstić information content (AvgIpc) is 3.39. The van der Waals surface area contributed by atoms with E-state index < -0.39 is 36.8 Å². The minimum atomic E-state index is -1.20. The molecule has 1 saturated heterocycles. The topological polar surface area (TPSA) is 129 Å². The summed E-state index contributed by atoms with van der Waals surface area (Å²) in [5.41, 5.74) is 9.00. The van der Waals surface area contributed by atoms with Gasteiger partial charge in [0.05, 0.1) is 25.3 Å². The summed E-state index contributed by atoms with van der Waals surface area (Å²) in [6.07, 6.45) is 1.03. The molecule has 1 aliphatic carbocycles. The van der Waals surface area contributed by atoms with E-state index in [4.69, 9.17) is 10.5 Å². The van der Waals surface area contributed by atoms with Gasteiger partial charge < -0.3 is 30.7 Å². The van der Waals surface area contributed by atoms with E-state index in [1.807, 2.05) is 24.0 Å². The summed E-state index contributed by atoms with van der Waals surface area (Å²) in [5, 5.41) is 29.8. The van der Waals surface area contributed by atoms with Gasteiger partial charge in [-0.2, -0.15) is 0 Å². The number of aliphatic imine (C=N–C) groups is 1. The van der Waals surface area contributed by atoms with Gasteiger partial charge in [-0.05, 0) is 30.9 Å². The maximum atomic E-state index is 10.4. The highest BCUT2D eigenvalue weighted by atomic mass is 16.6. The second-order valence-electron chi connectivity index (χ2n) is 8.11. The summed E-state index contributed by atoms with van der Waals surface area (Å²) < 4.78 is 7.20. The average molecular weight is 399 g/mol. The maximum absolute atomic E-state index is 10.4. The van der Waals surface area contributed by atoms with Gasteiger partial charge in [-0.3, -0.25) is 4.57 Å². The Labute approximate surface area is 168 Å². The Morgan fingerprint density at radius 3 is 2.83 bits per heavy atom. The highest BCUT2D eigenvalue weighted by Crippen LogP contribution is 2.44. The number of aryl methyl sites for hydroxylation is 1. The molecule has 5 rings (SSSR count). The smallest absolute Gasteiger partial charge is 0.165 e. The van der Waals surface area contributed by atoms with Crippen molar-refractivity contribution in [1.82, 2.24) is 14.5 Å². The van der Waals surface area contributed by atoms with E-state index in [1.54, 1.807) is 10.9 Å². The van der Waals surface area contributed by atoms with Crippen LogP contribution in [-0.2, 0) is 16.8 Å². The molecule has 0 saturated carbocycles. The van der Waals surface area contributed by atoms with Gasteiger partial charge in [0.15, 0.2) is 12.0 Å². The third kappa shape index (κ3) is 2.66. The third-order valence-electron chi connectivity index (χ3n) is 6.32. The number of aliphatic hydroxyl groups is 3. The molecule has 5 N–H and O–H groups in total. The van der Waals surface area contributed by atoms with Crippen LogP contribution in [0.1, 0.15) is 42.4 Å². The van der Waals surface area contributed by atoms with Crippen molar-refractivity contribution in [3.63, 3.8) is 0 Å². The zero-order chi connectivity index (χ0) is 20.3. The van der Waals surface area contributed by atoms with Gasteiger partial charge in [0.1, 0.15) is 29.7 Å². The molecule has 2 aromatic rings.